The molecule has 0 aliphatic carbocycles. The zero-order valence-electron chi connectivity index (χ0n) is 15.4. The van der Waals surface area contributed by atoms with Crippen LogP contribution in [0.25, 0.3) is 10.9 Å². The molecular formula is C22H19FN4O. The van der Waals surface area contributed by atoms with E-state index in [0.717, 1.165) is 23.2 Å². The molecule has 1 amide bonds. The van der Waals surface area contributed by atoms with Gasteiger partial charge < -0.3 is 9.88 Å². The van der Waals surface area contributed by atoms with E-state index in [1.54, 1.807) is 36.1 Å². The molecule has 4 aromatic rings. The number of benzene rings is 2. The number of hydrogen-bond acceptors (Lipinski definition) is 2. The molecular weight excluding hydrogens is 355 g/mol. The van der Waals surface area contributed by atoms with Crippen molar-refractivity contribution in [1.29, 1.82) is 0 Å². The molecule has 1 aliphatic heterocycles. The minimum atomic E-state index is -0.306. The number of para-hydroxylation sites is 1. The fourth-order valence-corrected chi connectivity index (χ4v) is 4.18. The van der Waals surface area contributed by atoms with Crippen molar-refractivity contribution in [3.8, 4) is 0 Å². The highest BCUT2D eigenvalue weighted by atomic mass is 19.1. The lowest BCUT2D eigenvalue weighted by Crippen LogP contribution is -2.41. The van der Waals surface area contributed by atoms with Crippen molar-refractivity contribution < 1.29 is 9.18 Å². The third kappa shape index (κ3) is 2.52. The summed E-state index contributed by atoms with van der Waals surface area (Å²) in [4.78, 5) is 18.7. The number of nitrogens with one attached hydrogen (secondary N) is 1. The Hall–Kier alpha value is -3.41. The Morgan fingerprint density at radius 3 is 2.68 bits per heavy atom. The van der Waals surface area contributed by atoms with Gasteiger partial charge in [0.25, 0.3) is 5.91 Å². The van der Waals surface area contributed by atoms with Gasteiger partial charge in [-0.05, 0) is 41.8 Å². The number of aryl methyl sites for hydroxylation is 1. The predicted molar refractivity (Wildman–Crippen MR) is 104 cm³/mol. The van der Waals surface area contributed by atoms with Crippen molar-refractivity contribution in [3.63, 3.8) is 0 Å². The van der Waals surface area contributed by atoms with Gasteiger partial charge in [-0.3, -0.25) is 9.48 Å². The number of halogens is 1. The summed E-state index contributed by atoms with van der Waals surface area (Å²) in [5.41, 5.74) is 4.68. The van der Waals surface area contributed by atoms with Crippen LogP contribution in [0.15, 0.2) is 60.8 Å². The second-order valence-corrected chi connectivity index (χ2v) is 7.11. The molecule has 140 valence electrons. The maximum Gasteiger partial charge on any atom is 0.272 e. The molecule has 1 N–H and O–H groups in total. The first kappa shape index (κ1) is 16.7. The second kappa shape index (κ2) is 6.34. The molecule has 2 aromatic carbocycles. The predicted octanol–water partition coefficient (Wildman–Crippen LogP) is 3.83. The van der Waals surface area contributed by atoms with Crippen LogP contribution in [-0.2, 0) is 13.5 Å². The highest BCUT2D eigenvalue weighted by Crippen LogP contribution is 2.39. The van der Waals surface area contributed by atoms with Crippen molar-refractivity contribution in [1.82, 2.24) is 19.7 Å². The molecule has 0 bridgehead atoms. The molecule has 6 heteroatoms. The summed E-state index contributed by atoms with van der Waals surface area (Å²) in [6.45, 7) is 0.584. The highest BCUT2D eigenvalue weighted by Gasteiger charge is 2.35. The van der Waals surface area contributed by atoms with Crippen molar-refractivity contribution in [2.45, 2.75) is 12.5 Å². The maximum absolute atomic E-state index is 13.5. The Morgan fingerprint density at radius 1 is 1.14 bits per heavy atom. The van der Waals surface area contributed by atoms with Crippen LogP contribution >= 0.6 is 0 Å². The summed E-state index contributed by atoms with van der Waals surface area (Å²) in [7, 11) is 1.76. The van der Waals surface area contributed by atoms with Gasteiger partial charge in [0, 0.05) is 36.4 Å². The average Bonchev–Trinajstić information content (AvgIpc) is 3.30. The zero-order chi connectivity index (χ0) is 19.3. The standard InChI is InChI=1S/C22H19FN4O/c1-26-19(10-12-24-26)22(28)27-13-11-17-16-4-2-3-5-18(16)25-20(17)21(27)14-6-8-15(23)9-7-14/h2-10,12,21,25H,11,13H2,1H3. The number of carbonyl (C=O) groups is 1. The molecule has 5 rings (SSSR count). The van der Waals surface area contributed by atoms with Crippen molar-refractivity contribution >= 4 is 16.8 Å². The third-order valence-electron chi connectivity index (χ3n) is 5.52. The lowest BCUT2D eigenvalue weighted by Gasteiger charge is -2.36. The van der Waals surface area contributed by atoms with E-state index in [2.05, 4.69) is 16.1 Å². The van der Waals surface area contributed by atoms with Gasteiger partial charge in [0.05, 0.1) is 6.04 Å². The van der Waals surface area contributed by atoms with E-state index in [4.69, 9.17) is 0 Å². The van der Waals surface area contributed by atoms with Gasteiger partial charge in [-0.1, -0.05) is 30.3 Å². The summed E-state index contributed by atoms with van der Waals surface area (Å²) in [6.07, 6.45) is 2.39. The van der Waals surface area contributed by atoms with Crippen LogP contribution in [-0.4, -0.2) is 32.1 Å². The summed E-state index contributed by atoms with van der Waals surface area (Å²) in [5, 5.41) is 5.31. The first-order valence-corrected chi connectivity index (χ1v) is 9.27. The van der Waals surface area contributed by atoms with E-state index >= 15 is 0 Å². The molecule has 2 aromatic heterocycles. The fourth-order valence-electron chi connectivity index (χ4n) is 4.18. The minimum absolute atomic E-state index is 0.0846. The molecule has 5 nitrogen and oxygen atoms in total. The molecule has 0 radical (unpaired) electrons. The molecule has 1 atom stereocenters. The fraction of sp³-hybridized carbons (Fsp3) is 0.182. The lowest BCUT2D eigenvalue weighted by molar-refractivity contribution is 0.0680. The molecule has 1 aliphatic rings. The Labute approximate surface area is 161 Å². The van der Waals surface area contributed by atoms with Gasteiger partial charge >= 0.3 is 0 Å². The van der Waals surface area contributed by atoms with Crippen molar-refractivity contribution in [3.05, 3.63) is 89.1 Å². The van der Waals surface area contributed by atoms with Gasteiger partial charge in [-0.2, -0.15) is 5.10 Å². The molecule has 3 heterocycles. The monoisotopic (exact) mass is 374 g/mol. The number of nitrogens with zero attached hydrogens (tertiary/aromatic N) is 3. The van der Waals surface area contributed by atoms with Crippen LogP contribution < -0.4 is 0 Å². The summed E-state index contributed by atoms with van der Waals surface area (Å²) < 4.78 is 15.1. The second-order valence-electron chi connectivity index (χ2n) is 7.11. The van der Waals surface area contributed by atoms with E-state index in [-0.39, 0.29) is 17.8 Å². The number of fused-ring (bicyclic) bond motifs is 3. The Kier molecular flexibility index (Phi) is 3.79. The van der Waals surface area contributed by atoms with E-state index in [9.17, 15) is 9.18 Å². The van der Waals surface area contributed by atoms with Gasteiger partial charge in [-0.15, -0.1) is 0 Å². The maximum atomic E-state index is 13.5. The normalized spacial score (nSPS) is 16.4. The first-order valence-electron chi connectivity index (χ1n) is 9.27. The van der Waals surface area contributed by atoms with E-state index < -0.39 is 0 Å². The summed E-state index contributed by atoms with van der Waals surface area (Å²) >= 11 is 0. The lowest BCUT2D eigenvalue weighted by atomic mass is 9.92. The summed E-state index contributed by atoms with van der Waals surface area (Å²) in [6, 6.07) is 16.0. The first-order chi connectivity index (χ1) is 13.6. The largest absolute Gasteiger partial charge is 0.356 e. The zero-order valence-corrected chi connectivity index (χ0v) is 15.4. The van der Waals surface area contributed by atoms with Gasteiger partial charge in [-0.25, -0.2) is 4.39 Å². The number of carbonyl (C=O) groups excluding carboxylic acids is 1. The number of amides is 1. The van der Waals surface area contributed by atoms with Gasteiger partial charge in [0.2, 0.25) is 0 Å². The Balaban J connectivity index is 1.68. The molecule has 1 unspecified atom stereocenters. The van der Waals surface area contributed by atoms with Crippen molar-refractivity contribution in [2.75, 3.05) is 6.54 Å². The smallest absolute Gasteiger partial charge is 0.272 e. The SMILES string of the molecule is Cn1nccc1C(=O)N1CCc2c([nH]c3ccccc23)C1c1ccc(F)cc1. The minimum Gasteiger partial charge on any atom is -0.356 e. The van der Waals surface area contributed by atoms with Crippen LogP contribution in [0.3, 0.4) is 0 Å². The molecule has 0 spiro atoms. The van der Waals surface area contributed by atoms with Crippen LogP contribution in [0.2, 0.25) is 0 Å². The number of aromatic amines is 1. The number of aromatic nitrogens is 3. The molecule has 28 heavy (non-hydrogen) atoms. The van der Waals surface area contributed by atoms with E-state index in [1.165, 1.54) is 23.1 Å². The highest BCUT2D eigenvalue weighted by molar-refractivity contribution is 5.94. The number of hydrogen-bond donors (Lipinski definition) is 1. The van der Waals surface area contributed by atoms with E-state index in [1.807, 2.05) is 23.1 Å². The van der Waals surface area contributed by atoms with E-state index in [0.29, 0.717) is 12.2 Å². The number of H-pyrrole nitrogens is 1. The van der Waals surface area contributed by atoms with Crippen LogP contribution in [0, 0.1) is 5.82 Å². The quantitative estimate of drug-likeness (QED) is 0.580. The molecule has 0 saturated heterocycles. The topological polar surface area (TPSA) is 53.9 Å². The molecule has 0 fully saturated rings. The van der Waals surface area contributed by atoms with Crippen molar-refractivity contribution in [2.24, 2.45) is 7.05 Å². The van der Waals surface area contributed by atoms with Crippen LogP contribution in [0.4, 0.5) is 4.39 Å². The summed E-state index contributed by atoms with van der Waals surface area (Å²) in [5.74, 6) is -0.375. The average molecular weight is 374 g/mol. The third-order valence-corrected chi connectivity index (χ3v) is 5.52. The Bertz CT molecular complexity index is 1170. The van der Waals surface area contributed by atoms with Gasteiger partial charge in [0.1, 0.15) is 11.5 Å². The molecule has 0 saturated carbocycles. The van der Waals surface area contributed by atoms with Crippen LogP contribution in [0.5, 0.6) is 0 Å². The number of rotatable bonds is 2. The Morgan fingerprint density at radius 2 is 1.93 bits per heavy atom. The van der Waals surface area contributed by atoms with Crippen LogP contribution in [0.1, 0.15) is 33.4 Å². The van der Waals surface area contributed by atoms with Gasteiger partial charge in [0.15, 0.2) is 0 Å².